The molecule has 0 fully saturated rings. The Morgan fingerprint density at radius 1 is 1.00 bits per heavy atom. The summed E-state index contributed by atoms with van der Waals surface area (Å²) in [5.41, 5.74) is -0.658. The van der Waals surface area contributed by atoms with Crippen LogP contribution in [0.5, 0.6) is 0 Å². The minimum absolute atomic E-state index is 0.0493. The highest BCUT2D eigenvalue weighted by Gasteiger charge is 2.40. The normalized spacial score (nSPS) is 14.5. The van der Waals surface area contributed by atoms with Crippen molar-refractivity contribution >= 4 is 19.7 Å². The lowest BCUT2D eigenvalue weighted by molar-refractivity contribution is -0.144. The predicted molar refractivity (Wildman–Crippen MR) is 119 cm³/mol. The lowest BCUT2D eigenvalue weighted by Crippen LogP contribution is -2.47. The van der Waals surface area contributed by atoms with Gasteiger partial charge in [-0.3, -0.25) is 4.57 Å². The number of carbonyl (C=O) groups is 2. The minimum Gasteiger partial charge on any atom is -0.467 e. The third-order valence-electron chi connectivity index (χ3n) is 3.85. The summed E-state index contributed by atoms with van der Waals surface area (Å²) in [6.07, 6.45) is -0.880. The molecule has 1 N–H and O–H groups in total. The van der Waals surface area contributed by atoms with Gasteiger partial charge < -0.3 is 23.8 Å². The van der Waals surface area contributed by atoms with Crippen LogP contribution >= 0.6 is 7.60 Å². The van der Waals surface area contributed by atoms with Crippen LogP contribution in [0.1, 0.15) is 54.0 Å². The molecule has 0 aliphatic carbocycles. The number of esters is 1. The lowest BCUT2D eigenvalue weighted by atomic mass is 10.0. The Labute approximate surface area is 185 Å². The van der Waals surface area contributed by atoms with Gasteiger partial charge in [0.25, 0.3) is 0 Å². The molecule has 176 valence electrons. The fourth-order valence-electron chi connectivity index (χ4n) is 2.84. The number of hydrogen-bond acceptors (Lipinski definition) is 7. The van der Waals surface area contributed by atoms with Gasteiger partial charge in [0.2, 0.25) is 0 Å². The smallest absolute Gasteiger partial charge is 0.408 e. The van der Waals surface area contributed by atoms with Crippen LogP contribution in [0, 0.1) is 5.92 Å². The Kier molecular flexibility index (Phi) is 9.73. The second-order valence-electron chi connectivity index (χ2n) is 9.38. The molecular formula is C22H36NO7P. The number of alkyl carbamates (subject to hydrolysis) is 1. The first-order valence-corrected chi connectivity index (χ1v) is 11.9. The topological polar surface area (TPSA) is 100 Å². The van der Waals surface area contributed by atoms with Gasteiger partial charge in [0.1, 0.15) is 12.6 Å². The molecule has 2 atom stereocenters. The van der Waals surface area contributed by atoms with Gasteiger partial charge in [0.15, 0.2) is 0 Å². The number of amides is 1. The molecule has 31 heavy (non-hydrogen) atoms. The molecule has 0 saturated carbocycles. The van der Waals surface area contributed by atoms with Crippen LogP contribution < -0.4 is 5.32 Å². The number of carbonyl (C=O) groups excluding carboxylic acids is 2. The van der Waals surface area contributed by atoms with Gasteiger partial charge in [-0.25, -0.2) is 9.59 Å². The number of benzene rings is 1. The van der Waals surface area contributed by atoms with E-state index in [2.05, 4.69) is 5.32 Å². The van der Waals surface area contributed by atoms with E-state index in [0.29, 0.717) is 0 Å². The highest BCUT2D eigenvalue weighted by Crippen LogP contribution is 2.55. The van der Waals surface area contributed by atoms with E-state index in [-0.39, 0.29) is 12.8 Å². The van der Waals surface area contributed by atoms with E-state index < -0.39 is 42.8 Å². The lowest BCUT2D eigenvalue weighted by Gasteiger charge is -2.34. The zero-order valence-electron chi connectivity index (χ0n) is 19.8. The molecular weight excluding hydrogens is 421 g/mol. The fourth-order valence-corrected chi connectivity index (χ4v) is 5.61. The summed E-state index contributed by atoms with van der Waals surface area (Å²) in [6, 6.07) is 8.06. The van der Waals surface area contributed by atoms with Crippen molar-refractivity contribution in [3.05, 3.63) is 35.9 Å². The summed E-state index contributed by atoms with van der Waals surface area (Å²) >= 11 is 0. The zero-order chi connectivity index (χ0) is 23.9. The van der Waals surface area contributed by atoms with E-state index in [0.717, 1.165) is 5.56 Å². The van der Waals surface area contributed by atoms with Crippen LogP contribution in [0.2, 0.25) is 0 Å². The molecule has 0 bridgehead atoms. The molecule has 0 aromatic heterocycles. The molecule has 1 amide bonds. The largest absolute Gasteiger partial charge is 0.467 e. The summed E-state index contributed by atoms with van der Waals surface area (Å²) < 4.78 is 35.1. The predicted octanol–water partition coefficient (Wildman–Crippen LogP) is 4.91. The molecule has 0 aliphatic rings. The van der Waals surface area contributed by atoms with E-state index >= 15 is 0 Å². The second-order valence-corrected chi connectivity index (χ2v) is 11.3. The van der Waals surface area contributed by atoms with E-state index in [1.807, 2.05) is 30.3 Å². The average Bonchev–Trinajstić information content (AvgIpc) is 2.61. The van der Waals surface area contributed by atoms with Crippen LogP contribution in [0.3, 0.4) is 0 Å². The summed E-state index contributed by atoms with van der Waals surface area (Å²) in [5.74, 6) is -1.30. The average molecular weight is 458 g/mol. The molecule has 0 spiro atoms. The summed E-state index contributed by atoms with van der Waals surface area (Å²) in [6.45, 7) is 12.3. The summed E-state index contributed by atoms with van der Waals surface area (Å²) in [4.78, 5) is 24.7. The van der Waals surface area contributed by atoms with E-state index in [1.165, 1.54) is 7.11 Å². The number of hydrogen-bond donors (Lipinski definition) is 1. The van der Waals surface area contributed by atoms with Crippen molar-refractivity contribution in [1.29, 1.82) is 0 Å². The highest BCUT2D eigenvalue weighted by molar-refractivity contribution is 7.53. The van der Waals surface area contributed by atoms with E-state index in [4.69, 9.17) is 18.5 Å². The summed E-state index contributed by atoms with van der Waals surface area (Å²) in [7, 11) is -2.41. The SMILES string of the molecule is COC(=O)[C@@H](NC(=O)OCc1ccccc1)[C@@H](C)CP(=O)(OC(C)(C)C)OC(C)(C)C. The molecule has 0 saturated heterocycles. The van der Waals surface area contributed by atoms with E-state index in [9.17, 15) is 14.2 Å². The number of methoxy groups -OCH3 is 1. The maximum absolute atomic E-state index is 13.5. The van der Waals surface area contributed by atoms with Crippen molar-refractivity contribution < 1.29 is 32.7 Å². The number of ether oxygens (including phenoxy) is 2. The van der Waals surface area contributed by atoms with Crippen molar-refractivity contribution in [2.75, 3.05) is 13.3 Å². The molecule has 9 heteroatoms. The Balaban J connectivity index is 2.93. The molecule has 0 unspecified atom stereocenters. The maximum atomic E-state index is 13.5. The van der Waals surface area contributed by atoms with Crippen LogP contribution in [0.4, 0.5) is 4.79 Å². The molecule has 0 aliphatic heterocycles. The Bertz CT molecular complexity index is 748. The first-order chi connectivity index (χ1) is 14.1. The number of rotatable bonds is 9. The van der Waals surface area contributed by atoms with Crippen molar-refractivity contribution in [3.8, 4) is 0 Å². The van der Waals surface area contributed by atoms with Gasteiger partial charge in [-0.2, -0.15) is 0 Å². The van der Waals surface area contributed by atoms with Gasteiger partial charge in [-0.1, -0.05) is 37.3 Å². The first kappa shape index (κ1) is 27.1. The molecule has 1 aromatic rings. The van der Waals surface area contributed by atoms with Gasteiger partial charge in [0, 0.05) is 0 Å². The van der Waals surface area contributed by atoms with Crippen LogP contribution in [-0.2, 0) is 34.5 Å². The van der Waals surface area contributed by atoms with E-state index in [1.54, 1.807) is 48.5 Å². The van der Waals surface area contributed by atoms with Crippen LogP contribution in [0.25, 0.3) is 0 Å². The van der Waals surface area contributed by atoms with Crippen LogP contribution in [0.15, 0.2) is 30.3 Å². The van der Waals surface area contributed by atoms with Crippen molar-refractivity contribution in [2.24, 2.45) is 5.92 Å². The molecule has 1 aromatic carbocycles. The standard InChI is InChI=1S/C22H36NO7P/c1-16(15-31(26,29-21(2,3)4)30-22(5,6)7)18(19(24)27-8)23-20(25)28-14-17-12-10-9-11-13-17/h9-13,16,18H,14-15H2,1-8H3,(H,23,25)/t16-,18-/m0/s1. The Morgan fingerprint density at radius 2 is 1.52 bits per heavy atom. The highest BCUT2D eigenvalue weighted by atomic mass is 31.2. The zero-order valence-corrected chi connectivity index (χ0v) is 20.7. The van der Waals surface area contributed by atoms with Crippen molar-refractivity contribution in [1.82, 2.24) is 5.32 Å². The second kappa shape index (κ2) is 11.1. The van der Waals surface area contributed by atoms with Crippen LogP contribution in [-0.4, -0.2) is 42.6 Å². The quantitative estimate of drug-likeness (QED) is 0.415. The molecule has 0 radical (unpaired) electrons. The monoisotopic (exact) mass is 457 g/mol. The van der Waals surface area contributed by atoms with Gasteiger partial charge in [-0.15, -0.1) is 0 Å². The third kappa shape index (κ3) is 10.8. The fraction of sp³-hybridized carbons (Fsp3) is 0.636. The third-order valence-corrected chi connectivity index (χ3v) is 6.52. The molecule has 8 nitrogen and oxygen atoms in total. The summed E-state index contributed by atoms with van der Waals surface area (Å²) in [5, 5.41) is 2.52. The minimum atomic E-state index is -3.63. The Hall–Kier alpha value is -1.89. The Morgan fingerprint density at radius 3 is 1.97 bits per heavy atom. The van der Waals surface area contributed by atoms with Gasteiger partial charge in [0.05, 0.1) is 24.5 Å². The first-order valence-electron chi connectivity index (χ1n) is 10.2. The van der Waals surface area contributed by atoms with Crippen molar-refractivity contribution in [2.45, 2.75) is 72.3 Å². The molecule has 0 heterocycles. The maximum Gasteiger partial charge on any atom is 0.408 e. The van der Waals surface area contributed by atoms with Crippen molar-refractivity contribution in [3.63, 3.8) is 0 Å². The van der Waals surface area contributed by atoms with Gasteiger partial charge >= 0.3 is 19.7 Å². The molecule has 1 rings (SSSR count). The number of nitrogens with one attached hydrogen (secondary N) is 1. The van der Waals surface area contributed by atoms with Gasteiger partial charge in [-0.05, 0) is 53.0 Å².